The quantitative estimate of drug-likeness (QED) is 0.0320. The number of hydrogen-bond donors (Lipinski definition) is 3. The van der Waals surface area contributed by atoms with Crippen LogP contribution in [0, 0.1) is 0 Å². The van der Waals surface area contributed by atoms with E-state index >= 15 is 0 Å². The Labute approximate surface area is 511 Å². The third kappa shape index (κ3) is 66.7. The normalized spacial score (nSPS) is 12.9. The predicted octanol–water partition coefficient (Wildman–Crippen LogP) is 23.8. The highest BCUT2D eigenvalue weighted by Crippen LogP contribution is 2.18. The molecule has 0 aromatic heterocycles. The van der Waals surface area contributed by atoms with Crippen molar-refractivity contribution in [2.24, 2.45) is 0 Å². The first kappa shape index (κ1) is 79.6. The Kier molecular flexibility index (Phi) is 68.9. The molecule has 0 aliphatic heterocycles. The third-order valence-corrected chi connectivity index (χ3v) is 16.7. The van der Waals surface area contributed by atoms with Gasteiger partial charge in [0.25, 0.3) is 0 Å². The molecule has 0 saturated carbocycles. The lowest BCUT2D eigenvalue weighted by molar-refractivity contribution is -0.143. The van der Waals surface area contributed by atoms with Crippen LogP contribution in [0.25, 0.3) is 0 Å². The average Bonchev–Trinajstić information content (AvgIpc) is 3.48. The van der Waals surface area contributed by atoms with E-state index in [1.54, 1.807) is 6.08 Å². The van der Waals surface area contributed by atoms with Gasteiger partial charge in [0.05, 0.1) is 25.4 Å². The summed E-state index contributed by atoms with van der Waals surface area (Å²) >= 11 is 0. The third-order valence-electron chi connectivity index (χ3n) is 16.7. The van der Waals surface area contributed by atoms with Gasteiger partial charge in [0.1, 0.15) is 0 Å². The van der Waals surface area contributed by atoms with Crippen molar-refractivity contribution in [2.45, 2.75) is 398 Å². The number of aliphatic hydroxyl groups is 2. The van der Waals surface area contributed by atoms with E-state index in [0.29, 0.717) is 19.4 Å². The Balaban J connectivity index is 3.46. The van der Waals surface area contributed by atoms with E-state index < -0.39 is 12.1 Å². The monoisotopic (exact) mass is 1150 g/mol. The van der Waals surface area contributed by atoms with Crippen molar-refractivity contribution in [3.05, 3.63) is 60.8 Å². The van der Waals surface area contributed by atoms with E-state index in [0.717, 1.165) is 57.8 Å². The molecule has 0 rings (SSSR count). The minimum atomic E-state index is -0.850. The Morgan fingerprint density at radius 2 is 0.634 bits per heavy atom. The van der Waals surface area contributed by atoms with Gasteiger partial charge in [-0.2, -0.15) is 0 Å². The lowest BCUT2D eigenvalue weighted by atomic mass is 10.0. The zero-order valence-electron chi connectivity index (χ0n) is 55.0. The number of unbranched alkanes of at least 4 members (excludes halogenated alkanes) is 49. The molecule has 0 aliphatic carbocycles. The Morgan fingerprint density at radius 3 is 0.976 bits per heavy atom. The summed E-state index contributed by atoms with van der Waals surface area (Å²) in [5.74, 6) is -0.0730. The van der Waals surface area contributed by atoms with Crippen LogP contribution in [0.15, 0.2) is 60.8 Å². The maximum absolute atomic E-state index is 12.5. The molecule has 0 saturated heterocycles. The zero-order valence-corrected chi connectivity index (χ0v) is 55.0. The minimum Gasteiger partial charge on any atom is -0.466 e. The Morgan fingerprint density at radius 1 is 0.341 bits per heavy atom. The van der Waals surface area contributed by atoms with Crippen molar-refractivity contribution in [1.82, 2.24) is 5.32 Å². The van der Waals surface area contributed by atoms with Crippen molar-refractivity contribution in [3.8, 4) is 0 Å². The molecule has 0 spiro atoms. The summed E-state index contributed by atoms with van der Waals surface area (Å²) in [7, 11) is 0. The van der Waals surface area contributed by atoms with Gasteiger partial charge in [0.15, 0.2) is 0 Å². The van der Waals surface area contributed by atoms with Crippen LogP contribution in [0.4, 0.5) is 0 Å². The van der Waals surface area contributed by atoms with Crippen molar-refractivity contribution in [1.29, 1.82) is 0 Å². The largest absolute Gasteiger partial charge is 0.466 e. The number of aliphatic hydroxyl groups excluding tert-OH is 2. The first-order chi connectivity index (χ1) is 40.5. The second kappa shape index (κ2) is 71.0. The second-order valence-electron chi connectivity index (χ2n) is 24.9. The highest BCUT2D eigenvalue weighted by molar-refractivity contribution is 5.76. The van der Waals surface area contributed by atoms with Gasteiger partial charge in [0, 0.05) is 12.8 Å². The summed E-state index contributed by atoms with van der Waals surface area (Å²) in [4.78, 5) is 24.6. The van der Waals surface area contributed by atoms with Crippen LogP contribution in [0.3, 0.4) is 0 Å². The summed E-state index contributed by atoms with van der Waals surface area (Å²) in [6.07, 6.45) is 94.5. The van der Waals surface area contributed by atoms with Gasteiger partial charge < -0.3 is 20.3 Å². The van der Waals surface area contributed by atoms with Crippen LogP contribution in [-0.4, -0.2) is 47.4 Å². The summed E-state index contributed by atoms with van der Waals surface area (Å²) in [6, 6.07) is -0.633. The first-order valence-corrected chi connectivity index (χ1v) is 36.6. The molecular formula is C76H141NO5. The molecule has 6 heteroatoms. The molecule has 2 atom stereocenters. The van der Waals surface area contributed by atoms with Gasteiger partial charge in [-0.3, -0.25) is 9.59 Å². The molecule has 0 radical (unpaired) electrons. The van der Waals surface area contributed by atoms with Gasteiger partial charge in [-0.1, -0.05) is 344 Å². The van der Waals surface area contributed by atoms with E-state index in [1.165, 1.54) is 302 Å². The highest BCUT2D eigenvalue weighted by Gasteiger charge is 2.18. The highest BCUT2D eigenvalue weighted by atomic mass is 16.5. The lowest BCUT2D eigenvalue weighted by Crippen LogP contribution is -2.45. The van der Waals surface area contributed by atoms with Crippen LogP contribution in [0.2, 0.25) is 0 Å². The lowest BCUT2D eigenvalue weighted by Gasteiger charge is -2.20. The maximum atomic E-state index is 12.5. The van der Waals surface area contributed by atoms with E-state index in [4.69, 9.17) is 4.74 Å². The fraction of sp³-hybridized carbons (Fsp3) is 0.842. The molecule has 0 heterocycles. The standard InChI is InChI=1S/C76H141NO5/c1-3-5-7-9-11-13-15-17-18-19-20-21-22-26-29-32-35-38-41-45-48-52-56-60-64-68-74(79)73(72-78)77-75(80)69-65-61-57-53-49-46-42-39-36-33-30-27-24-23-25-28-31-34-37-40-43-47-51-55-59-63-67-71-82-76(81)70-66-62-58-54-50-44-16-14-12-10-8-6-4-2/h8,10,14,16,23-24,28,31,64,68,73-74,78-79H,3-7,9,11-13,15,17-22,25-27,29-30,32-63,65-67,69-72H2,1-2H3,(H,77,80)/b10-8-,16-14-,24-23-,31-28-,68-64+. The zero-order chi connectivity index (χ0) is 59.2. The molecule has 0 aliphatic rings. The fourth-order valence-electron chi connectivity index (χ4n) is 11.2. The summed E-state index contributed by atoms with van der Waals surface area (Å²) in [5.41, 5.74) is 0. The van der Waals surface area contributed by atoms with Gasteiger partial charge in [-0.05, 0) is 89.9 Å². The molecule has 0 aromatic rings. The number of esters is 1. The van der Waals surface area contributed by atoms with Gasteiger partial charge in [-0.15, -0.1) is 0 Å². The summed E-state index contributed by atoms with van der Waals surface area (Å²) in [6.45, 7) is 4.86. The van der Waals surface area contributed by atoms with E-state index in [-0.39, 0.29) is 18.5 Å². The average molecular weight is 1150 g/mol. The fourth-order valence-corrected chi connectivity index (χ4v) is 11.2. The molecule has 82 heavy (non-hydrogen) atoms. The van der Waals surface area contributed by atoms with Gasteiger partial charge >= 0.3 is 5.97 Å². The number of carbonyl (C=O) groups is 2. The number of hydrogen-bond acceptors (Lipinski definition) is 5. The smallest absolute Gasteiger partial charge is 0.305 e. The number of amides is 1. The topological polar surface area (TPSA) is 95.9 Å². The Bertz CT molecular complexity index is 1420. The van der Waals surface area contributed by atoms with E-state index in [9.17, 15) is 19.8 Å². The predicted molar refractivity (Wildman–Crippen MR) is 361 cm³/mol. The van der Waals surface area contributed by atoms with E-state index in [2.05, 4.69) is 67.8 Å². The summed E-state index contributed by atoms with van der Waals surface area (Å²) < 4.78 is 5.47. The van der Waals surface area contributed by atoms with Crippen molar-refractivity contribution in [3.63, 3.8) is 0 Å². The van der Waals surface area contributed by atoms with Crippen molar-refractivity contribution in [2.75, 3.05) is 13.2 Å². The van der Waals surface area contributed by atoms with Gasteiger partial charge in [0.2, 0.25) is 5.91 Å². The van der Waals surface area contributed by atoms with Crippen LogP contribution in [0.1, 0.15) is 386 Å². The van der Waals surface area contributed by atoms with Crippen LogP contribution < -0.4 is 5.32 Å². The maximum Gasteiger partial charge on any atom is 0.305 e. The minimum absolute atomic E-state index is 0.00519. The molecule has 6 nitrogen and oxygen atoms in total. The first-order valence-electron chi connectivity index (χ1n) is 36.6. The molecule has 480 valence electrons. The summed E-state index contributed by atoms with van der Waals surface area (Å²) in [5, 5.41) is 23.3. The number of allylic oxidation sites excluding steroid dienone is 9. The van der Waals surface area contributed by atoms with Crippen molar-refractivity contribution < 1.29 is 24.5 Å². The molecule has 0 bridgehead atoms. The Hall–Kier alpha value is -2.44. The number of rotatable bonds is 68. The SMILES string of the molecule is CCC/C=C\C/C=C\CCCCCCCC(=O)OCCCCCCCCCCC/C=C\C/C=C\CCCCCCCCCCCCCC(=O)NC(CO)C(O)/C=C/CCCCCCCCCCCCCCCCCCCCCCCCC. The number of nitrogens with one attached hydrogen (secondary N) is 1. The number of carbonyl (C=O) groups excluding carboxylic acids is 2. The molecule has 2 unspecified atom stereocenters. The molecule has 0 fully saturated rings. The van der Waals surface area contributed by atoms with Crippen molar-refractivity contribution >= 4 is 11.9 Å². The van der Waals surface area contributed by atoms with Gasteiger partial charge in [-0.25, -0.2) is 0 Å². The molecule has 1 amide bonds. The molecular weight excluding hydrogens is 1010 g/mol. The number of ether oxygens (including phenoxy) is 1. The van der Waals surface area contributed by atoms with E-state index in [1.807, 2.05) is 6.08 Å². The van der Waals surface area contributed by atoms with Crippen LogP contribution in [-0.2, 0) is 14.3 Å². The second-order valence-corrected chi connectivity index (χ2v) is 24.9. The van der Waals surface area contributed by atoms with Crippen LogP contribution in [0.5, 0.6) is 0 Å². The molecule has 0 aromatic carbocycles. The van der Waals surface area contributed by atoms with Crippen LogP contribution >= 0.6 is 0 Å². The molecule has 3 N–H and O–H groups in total.